The van der Waals surface area contributed by atoms with Gasteiger partial charge < -0.3 is 0 Å². The minimum atomic E-state index is 0.757. The summed E-state index contributed by atoms with van der Waals surface area (Å²) in [6, 6.07) is 0. The molecular weight excluding hydrogens is 124 g/mol. The summed E-state index contributed by atoms with van der Waals surface area (Å²) in [5.41, 5.74) is 1.25. The van der Waals surface area contributed by atoms with Crippen molar-refractivity contribution < 1.29 is 4.79 Å². The van der Waals surface area contributed by atoms with Crippen LogP contribution in [0.15, 0.2) is 36.0 Å². The van der Waals surface area contributed by atoms with Crippen LogP contribution in [0.5, 0.6) is 0 Å². The molecule has 0 aliphatic rings. The Bertz CT molecular complexity index is 169. The molecule has 0 aromatic heterocycles. The highest BCUT2D eigenvalue weighted by atomic mass is 16.1. The molecule has 0 unspecified atom stereocenters. The van der Waals surface area contributed by atoms with Crippen molar-refractivity contribution in [3.8, 4) is 0 Å². The summed E-state index contributed by atoms with van der Waals surface area (Å²) < 4.78 is 0. The summed E-state index contributed by atoms with van der Waals surface area (Å²) in [4.78, 5) is 9.77. The predicted molar refractivity (Wildman–Crippen MR) is 43.8 cm³/mol. The van der Waals surface area contributed by atoms with Crippen molar-refractivity contribution >= 4 is 6.29 Å². The summed E-state index contributed by atoms with van der Waals surface area (Å²) in [5, 5.41) is 0. The SMILES string of the molecule is CC(C)=C/C=C\C=C\C=O. The number of aldehydes is 1. The van der Waals surface area contributed by atoms with Crippen LogP contribution >= 0.6 is 0 Å². The minimum Gasteiger partial charge on any atom is -0.299 e. The third-order valence-corrected chi connectivity index (χ3v) is 0.841. The smallest absolute Gasteiger partial charge is 0.142 e. The van der Waals surface area contributed by atoms with Gasteiger partial charge in [-0.05, 0) is 19.9 Å². The summed E-state index contributed by atoms with van der Waals surface area (Å²) in [7, 11) is 0. The van der Waals surface area contributed by atoms with E-state index in [0.29, 0.717) is 0 Å². The first-order valence-corrected chi connectivity index (χ1v) is 3.19. The Morgan fingerprint density at radius 2 is 1.60 bits per heavy atom. The number of hydrogen-bond donors (Lipinski definition) is 0. The number of rotatable bonds is 3. The molecule has 10 heavy (non-hydrogen) atoms. The molecule has 0 radical (unpaired) electrons. The van der Waals surface area contributed by atoms with Gasteiger partial charge in [0.15, 0.2) is 0 Å². The van der Waals surface area contributed by atoms with Crippen molar-refractivity contribution in [1.29, 1.82) is 0 Å². The molecular formula is C9H12O. The molecule has 1 heteroatoms. The van der Waals surface area contributed by atoms with Gasteiger partial charge in [-0.1, -0.05) is 29.9 Å². The molecule has 0 aliphatic carbocycles. The number of hydrogen-bond acceptors (Lipinski definition) is 1. The molecule has 0 N–H and O–H groups in total. The van der Waals surface area contributed by atoms with Crippen molar-refractivity contribution in [2.75, 3.05) is 0 Å². The lowest BCUT2D eigenvalue weighted by molar-refractivity contribution is -0.104. The Morgan fingerprint density at radius 3 is 2.10 bits per heavy atom. The molecule has 0 aromatic rings. The second kappa shape index (κ2) is 6.02. The van der Waals surface area contributed by atoms with Crippen LogP contribution in [0.1, 0.15) is 13.8 Å². The summed E-state index contributed by atoms with van der Waals surface area (Å²) in [6.07, 6.45) is 9.61. The van der Waals surface area contributed by atoms with E-state index in [1.165, 1.54) is 11.6 Å². The summed E-state index contributed by atoms with van der Waals surface area (Å²) in [6.45, 7) is 4.04. The molecule has 0 bridgehead atoms. The van der Waals surface area contributed by atoms with Crippen molar-refractivity contribution in [2.45, 2.75) is 13.8 Å². The molecule has 0 rings (SSSR count). The fraction of sp³-hybridized carbons (Fsp3) is 0.222. The van der Waals surface area contributed by atoms with E-state index in [1.54, 1.807) is 6.08 Å². The zero-order chi connectivity index (χ0) is 7.82. The molecule has 54 valence electrons. The molecule has 0 saturated heterocycles. The van der Waals surface area contributed by atoms with E-state index < -0.39 is 0 Å². The zero-order valence-corrected chi connectivity index (χ0v) is 6.37. The number of allylic oxidation sites excluding steroid dienone is 6. The van der Waals surface area contributed by atoms with Crippen LogP contribution in [-0.4, -0.2) is 6.29 Å². The van der Waals surface area contributed by atoms with Crippen LogP contribution in [0.4, 0.5) is 0 Å². The van der Waals surface area contributed by atoms with Gasteiger partial charge in [0, 0.05) is 0 Å². The van der Waals surface area contributed by atoms with Gasteiger partial charge in [0.25, 0.3) is 0 Å². The average molecular weight is 136 g/mol. The van der Waals surface area contributed by atoms with Gasteiger partial charge in [-0.15, -0.1) is 0 Å². The Balaban J connectivity index is 3.67. The van der Waals surface area contributed by atoms with Crippen LogP contribution < -0.4 is 0 Å². The predicted octanol–water partition coefficient (Wildman–Crippen LogP) is 2.26. The van der Waals surface area contributed by atoms with Crippen LogP contribution in [0.3, 0.4) is 0 Å². The van der Waals surface area contributed by atoms with E-state index >= 15 is 0 Å². The highest BCUT2D eigenvalue weighted by molar-refractivity contribution is 5.65. The van der Waals surface area contributed by atoms with E-state index in [1.807, 2.05) is 32.1 Å². The first-order chi connectivity index (χ1) is 4.77. The topological polar surface area (TPSA) is 17.1 Å². The lowest BCUT2D eigenvalue weighted by atomic mass is 10.3. The van der Waals surface area contributed by atoms with Gasteiger partial charge in [-0.2, -0.15) is 0 Å². The van der Waals surface area contributed by atoms with E-state index in [-0.39, 0.29) is 0 Å². The van der Waals surface area contributed by atoms with Gasteiger partial charge in [0.1, 0.15) is 6.29 Å². The highest BCUT2D eigenvalue weighted by Gasteiger charge is 1.67. The third-order valence-electron chi connectivity index (χ3n) is 0.841. The molecule has 0 saturated carbocycles. The molecule has 0 heterocycles. The van der Waals surface area contributed by atoms with E-state index in [2.05, 4.69) is 0 Å². The van der Waals surface area contributed by atoms with Crippen molar-refractivity contribution in [2.24, 2.45) is 0 Å². The lowest BCUT2D eigenvalue weighted by Gasteiger charge is -1.79. The monoisotopic (exact) mass is 136 g/mol. The standard InChI is InChI=1S/C9H12O/c1-9(2)7-5-3-4-6-8-10/h3-8H,1-2H3/b5-3-,6-4+. The summed E-state index contributed by atoms with van der Waals surface area (Å²) in [5.74, 6) is 0. The fourth-order valence-electron chi connectivity index (χ4n) is 0.422. The van der Waals surface area contributed by atoms with Gasteiger partial charge in [-0.3, -0.25) is 4.79 Å². The molecule has 1 nitrogen and oxygen atoms in total. The molecule has 0 aliphatic heterocycles. The minimum absolute atomic E-state index is 0.757. The second-order valence-corrected chi connectivity index (χ2v) is 2.15. The molecule has 0 amide bonds. The zero-order valence-electron chi connectivity index (χ0n) is 6.37. The quantitative estimate of drug-likeness (QED) is 0.330. The number of carbonyl (C=O) groups excluding carboxylic acids is 1. The van der Waals surface area contributed by atoms with Crippen molar-refractivity contribution in [3.05, 3.63) is 36.0 Å². The van der Waals surface area contributed by atoms with Crippen LogP contribution in [0.25, 0.3) is 0 Å². The molecule has 0 spiro atoms. The Hall–Kier alpha value is -1.11. The molecule has 0 fully saturated rings. The second-order valence-electron chi connectivity index (χ2n) is 2.15. The van der Waals surface area contributed by atoms with E-state index in [9.17, 15) is 4.79 Å². The third kappa shape index (κ3) is 6.89. The lowest BCUT2D eigenvalue weighted by Crippen LogP contribution is -1.59. The maximum atomic E-state index is 9.77. The van der Waals surface area contributed by atoms with E-state index in [4.69, 9.17) is 0 Å². The van der Waals surface area contributed by atoms with Crippen molar-refractivity contribution in [1.82, 2.24) is 0 Å². The van der Waals surface area contributed by atoms with Gasteiger partial charge in [0.05, 0.1) is 0 Å². The number of carbonyl (C=O) groups is 1. The molecule has 0 atom stereocenters. The van der Waals surface area contributed by atoms with Crippen LogP contribution in [0.2, 0.25) is 0 Å². The molecule has 0 aromatic carbocycles. The Morgan fingerprint density at radius 1 is 1.00 bits per heavy atom. The maximum absolute atomic E-state index is 9.77. The Kier molecular flexibility index (Phi) is 5.35. The van der Waals surface area contributed by atoms with Gasteiger partial charge in [0.2, 0.25) is 0 Å². The fourth-order valence-corrected chi connectivity index (χ4v) is 0.422. The van der Waals surface area contributed by atoms with Crippen molar-refractivity contribution in [3.63, 3.8) is 0 Å². The van der Waals surface area contributed by atoms with Crippen LogP contribution in [-0.2, 0) is 4.79 Å². The first kappa shape index (κ1) is 8.89. The maximum Gasteiger partial charge on any atom is 0.142 e. The first-order valence-electron chi connectivity index (χ1n) is 3.19. The van der Waals surface area contributed by atoms with E-state index in [0.717, 1.165) is 6.29 Å². The largest absolute Gasteiger partial charge is 0.299 e. The normalized spacial score (nSPS) is 10.6. The van der Waals surface area contributed by atoms with Gasteiger partial charge in [-0.25, -0.2) is 0 Å². The summed E-state index contributed by atoms with van der Waals surface area (Å²) >= 11 is 0. The van der Waals surface area contributed by atoms with Gasteiger partial charge >= 0.3 is 0 Å². The van der Waals surface area contributed by atoms with Crippen LogP contribution in [0, 0.1) is 0 Å². The Labute approximate surface area is 61.8 Å². The highest BCUT2D eigenvalue weighted by Crippen LogP contribution is 1.88. The average Bonchev–Trinajstić information content (AvgIpc) is 1.87.